The lowest BCUT2D eigenvalue weighted by Crippen LogP contribution is -2.12. The van der Waals surface area contributed by atoms with E-state index in [0.717, 1.165) is 5.39 Å². The first-order chi connectivity index (χ1) is 9.24. The van der Waals surface area contributed by atoms with Gasteiger partial charge in [-0.25, -0.2) is 0 Å². The predicted octanol–water partition coefficient (Wildman–Crippen LogP) is 3.73. The molecule has 0 spiro atoms. The Morgan fingerprint density at radius 2 is 2.00 bits per heavy atom. The zero-order valence-corrected chi connectivity index (χ0v) is 10.5. The van der Waals surface area contributed by atoms with Gasteiger partial charge >= 0.3 is 0 Å². The molecular formula is C14H9ClN2O2. The van der Waals surface area contributed by atoms with E-state index in [0.29, 0.717) is 22.0 Å². The number of rotatable bonds is 2. The number of amides is 1. The number of aromatic nitrogens is 1. The Labute approximate surface area is 114 Å². The average molecular weight is 273 g/mol. The van der Waals surface area contributed by atoms with E-state index < -0.39 is 0 Å². The van der Waals surface area contributed by atoms with E-state index in [-0.39, 0.29) is 5.91 Å². The van der Waals surface area contributed by atoms with Gasteiger partial charge in [-0.3, -0.25) is 4.79 Å². The highest BCUT2D eigenvalue weighted by atomic mass is 35.5. The van der Waals surface area contributed by atoms with Gasteiger partial charge in [-0.15, -0.1) is 0 Å². The molecule has 3 aromatic rings. The van der Waals surface area contributed by atoms with Crippen LogP contribution in [0.5, 0.6) is 0 Å². The first-order valence-corrected chi connectivity index (χ1v) is 6.03. The number of nitrogens with zero attached hydrogens (tertiary/aromatic N) is 1. The molecule has 0 bridgehead atoms. The van der Waals surface area contributed by atoms with Gasteiger partial charge in [0, 0.05) is 10.6 Å². The molecule has 0 saturated carbocycles. The molecule has 0 saturated heterocycles. The number of para-hydroxylation sites is 1. The van der Waals surface area contributed by atoms with Crippen LogP contribution in [0.1, 0.15) is 10.4 Å². The molecule has 1 aromatic heterocycles. The van der Waals surface area contributed by atoms with Crippen molar-refractivity contribution in [2.24, 2.45) is 0 Å². The van der Waals surface area contributed by atoms with Crippen molar-refractivity contribution in [3.8, 4) is 0 Å². The van der Waals surface area contributed by atoms with Crippen molar-refractivity contribution in [3.05, 3.63) is 59.1 Å². The lowest BCUT2D eigenvalue weighted by atomic mass is 10.2. The van der Waals surface area contributed by atoms with E-state index in [9.17, 15) is 4.79 Å². The van der Waals surface area contributed by atoms with Gasteiger partial charge < -0.3 is 9.84 Å². The maximum Gasteiger partial charge on any atom is 0.256 e. The van der Waals surface area contributed by atoms with Crippen LogP contribution in [0.2, 0.25) is 5.02 Å². The van der Waals surface area contributed by atoms with Crippen LogP contribution >= 0.6 is 11.6 Å². The van der Waals surface area contributed by atoms with Gasteiger partial charge in [-0.2, -0.15) is 0 Å². The van der Waals surface area contributed by atoms with Crippen molar-refractivity contribution in [2.75, 3.05) is 5.32 Å². The summed E-state index contributed by atoms with van der Waals surface area (Å²) in [5.74, 6) is 0.127. The van der Waals surface area contributed by atoms with E-state index in [4.69, 9.17) is 16.1 Å². The number of anilines is 1. The van der Waals surface area contributed by atoms with Crippen LogP contribution in [0.25, 0.3) is 11.0 Å². The molecule has 19 heavy (non-hydrogen) atoms. The van der Waals surface area contributed by atoms with Gasteiger partial charge in [0.2, 0.25) is 0 Å². The number of halogens is 1. The molecule has 4 nitrogen and oxygen atoms in total. The maximum absolute atomic E-state index is 12.1. The summed E-state index contributed by atoms with van der Waals surface area (Å²) in [6.07, 6.45) is 0. The number of benzene rings is 2. The highest BCUT2D eigenvalue weighted by Gasteiger charge is 2.12. The Morgan fingerprint density at radius 3 is 2.84 bits per heavy atom. The predicted molar refractivity (Wildman–Crippen MR) is 73.4 cm³/mol. The standard InChI is InChI=1S/C14H9ClN2O2/c15-10-5-3-4-9(8-10)14(18)16-13-11-6-1-2-7-12(11)19-17-13/h1-8H,(H,16,17,18). The van der Waals surface area contributed by atoms with Gasteiger partial charge in [0.15, 0.2) is 11.4 Å². The van der Waals surface area contributed by atoms with Crippen molar-refractivity contribution in [2.45, 2.75) is 0 Å². The SMILES string of the molecule is O=C(Nc1noc2ccccc12)c1cccc(Cl)c1. The molecule has 0 aliphatic rings. The minimum atomic E-state index is -0.276. The first-order valence-electron chi connectivity index (χ1n) is 5.65. The number of hydrogen-bond donors (Lipinski definition) is 1. The molecule has 0 aliphatic carbocycles. The van der Waals surface area contributed by atoms with Crippen molar-refractivity contribution in [1.82, 2.24) is 5.16 Å². The topological polar surface area (TPSA) is 55.1 Å². The fourth-order valence-corrected chi connectivity index (χ4v) is 1.98. The highest BCUT2D eigenvalue weighted by molar-refractivity contribution is 6.31. The van der Waals surface area contributed by atoms with Gasteiger partial charge in [0.1, 0.15) is 0 Å². The number of carbonyl (C=O) groups is 1. The van der Waals surface area contributed by atoms with Gasteiger partial charge in [-0.05, 0) is 30.3 Å². The minimum Gasteiger partial charge on any atom is -0.354 e. The van der Waals surface area contributed by atoms with Crippen molar-refractivity contribution in [1.29, 1.82) is 0 Å². The molecular weight excluding hydrogens is 264 g/mol. The largest absolute Gasteiger partial charge is 0.354 e. The van der Waals surface area contributed by atoms with Crippen LogP contribution in [0.15, 0.2) is 53.1 Å². The number of carbonyl (C=O) groups excluding carboxylic acids is 1. The van der Waals surface area contributed by atoms with Gasteiger partial charge in [-0.1, -0.05) is 35.0 Å². The summed E-state index contributed by atoms with van der Waals surface area (Å²) < 4.78 is 5.12. The van der Waals surface area contributed by atoms with Crippen LogP contribution in [-0.2, 0) is 0 Å². The van der Waals surface area contributed by atoms with E-state index >= 15 is 0 Å². The Balaban J connectivity index is 1.91. The minimum absolute atomic E-state index is 0.276. The normalized spacial score (nSPS) is 10.6. The summed E-state index contributed by atoms with van der Waals surface area (Å²) in [5, 5.41) is 7.82. The fraction of sp³-hybridized carbons (Fsp3) is 0. The highest BCUT2D eigenvalue weighted by Crippen LogP contribution is 2.22. The van der Waals surface area contributed by atoms with Crippen molar-refractivity contribution >= 4 is 34.3 Å². The third kappa shape index (κ3) is 2.30. The molecule has 94 valence electrons. The Hall–Kier alpha value is -2.33. The van der Waals surface area contributed by atoms with Crippen LogP contribution in [0.3, 0.4) is 0 Å². The molecule has 0 radical (unpaired) electrons. The second-order valence-electron chi connectivity index (χ2n) is 3.99. The lowest BCUT2D eigenvalue weighted by Gasteiger charge is -2.02. The van der Waals surface area contributed by atoms with Crippen LogP contribution in [0, 0.1) is 0 Å². The summed E-state index contributed by atoms with van der Waals surface area (Å²) in [6.45, 7) is 0. The molecule has 1 N–H and O–H groups in total. The summed E-state index contributed by atoms with van der Waals surface area (Å²) in [5.41, 5.74) is 1.10. The molecule has 3 rings (SSSR count). The summed E-state index contributed by atoms with van der Waals surface area (Å²) in [4.78, 5) is 12.1. The van der Waals surface area contributed by atoms with E-state index in [1.54, 1.807) is 30.3 Å². The molecule has 2 aromatic carbocycles. The molecule has 0 atom stereocenters. The second kappa shape index (κ2) is 4.74. The zero-order chi connectivity index (χ0) is 13.2. The molecule has 1 heterocycles. The molecule has 0 fully saturated rings. The molecule has 0 unspecified atom stereocenters. The number of fused-ring (bicyclic) bond motifs is 1. The Bertz CT molecular complexity index is 752. The third-order valence-electron chi connectivity index (χ3n) is 2.70. The second-order valence-corrected chi connectivity index (χ2v) is 4.43. The Morgan fingerprint density at radius 1 is 1.16 bits per heavy atom. The maximum atomic E-state index is 12.1. The summed E-state index contributed by atoms with van der Waals surface area (Å²) >= 11 is 5.85. The summed E-state index contributed by atoms with van der Waals surface area (Å²) in [7, 11) is 0. The van der Waals surface area contributed by atoms with E-state index in [1.165, 1.54) is 0 Å². The monoisotopic (exact) mass is 272 g/mol. The van der Waals surface area contributed by atoms with E-state index in [2.05, 4.69) is 10.5 Å². The van der Waals surface area contributed by atoms with Gasteiger partial charge in [0.25, 0.3) is 5.91 Å². The van der Waals surface area contributed by atoms with E-state index in [1.807, 2.05) is 18.2 Å². The first kappa shape index (κ1) is 11.7. The molecule has 0 aliphatic heterocycles. The molecule has 5 heteroatoms. The number of nitrogens with one attached hydrogen (secondary N) is 1. The van der Waals surface area contributed by atoms with Crippen LogP contribution < -0.4 is 5.32 Å². The number of hydrogen-bond acceptors (Lipinski definition) is 3. The van der Waals surface area contributed by atoms with Crippen LogP contribution in [-0.4, -0.2) is 11.1 Å². The quantitative estimate of drug-likeness (QED) is 0.773. The van der Waals surface area contributed by atoms with Crippen LogP contribution in [0.4, 0.5) is 5.82 Å². The average Bonchev–Trinajstić information content (AvgIpc) is 2.82. The smallest absolute Gasteiger partial charge is 0.256 e. The summed E-state index contributed by atoms with van der Waals surface area (Å²) in [6, 6.07) is 14.0. The van der Waals surface area contributed by atoms with Gasteiger partial charge in [0.05, 0.1) is 5.39 Å². The third-order valence-corrected chi connectivity index (χ3v) is 2.93. The lowest BCUT2D eigenvalue weighted by molar-refractivity contribution is 0.102. The van der Waals surface area contributed by atoms with Crippen molar-refractivity contribution < 1.29 is 9.32 Å². The zero-order valence-electron chi connectivity index (χ0n) is 9.76. The Kier molecular flexibility index (Phi) is 2.93. The van der Waals surface area contributed by atoms with Crippen molar-refractivity contribution in [3.63, 3.8) is 0 Å². The fourth-order valence-electron chi connectivity index (χ4n) is 1.79. The molecule has 1 amide bonds.